The number of rotatable bonds is 2. The van der Waals surface area contributed by atoms with E-state index in [2.05, 4.69) is 42.8 Å². The van der Waals surface area contributed by atoms with Crippen molar-refractivity contribution in [2.24, 2.45) is 0 Å². The highest BCUT2D eigenvalue weighted by Crippen LogP contribution is 2.30. The van der Waals surface area contributed by atoms with Crippen LogP contribution in [0.15, 0.2) is 24.3 Å². The highest BCUT2D eigenvalue weighted by Gasteiger charge is 2.37. The molecule has 1 aromatic rings. The first-order valence-electron chi connectivity index (χ1n) is 6.83. The van der Waals surface area contributed by atoms with Crippen molar-refractivity contribution in [3.8, 4) is 12.1 Å². The Morgan fingerprint density at radius 1 is 1.35 bits per heavy atom. The highest BCUT2D eigenvalue weighted by molar-refractivity contribution is 5.54. The van der Waals surface area contributed by atoms with E-state index in [9.17, 15) is 0 Å². The summed E-state index contributed by atoms with van der Waals surface area (Å²) in [5.41, 5.74) is 1.72. The minimum Gasteiger partial charge on any atom is -0.363 e. The Morgan fingerprint density at radius 3 is 2.75 bits per heavy atom. The lowest BCUT2D eigenvalue weighted by Gasteiger charge is -2.51. The molecule has 0 radical (unpaired) electrons. The van der Waals surface area contributed by atoms with Gasteiger partial charge in [-0.1, -0.05) is 6.07 Å². The van der Waals surface area contributed by atoms with Gasteiger partial charge in [-0.3, -0.25) is 4.90 Å². The van der Waals surface area contributed by atoms with E-state index in [4.69, 9.17) is 10.5 Å². The third kappa shape index (κ3) is 2.76. The van der Waals surface area contributed by atoms with Crippen molar-refractivity contribution in [3.05, 3.63) is 29.8 Å². The number of likely N-dealkylation sites (N-methyl/N-ethyl adjacent to an activating group) is 1. The molecule has 0 amide bonds. The SMILES string of the molecule is CN1CC(C)(C)N(c2cccc(C#N)c2)CC1CC#N. The number of piperazine rings is 1. The Hall–Kier alpha value is -2.04. The summed E-state index contributed by atoms with van der Waals surface area (Å²) in [5, 5.41) is 18.0. The van der Waals surface area contributed by atoms with Crippen LogP contribution in [0.1, 0.15) is 25.8 Å². The summed E-state index contributed by atoms with van der Waals surface area (Å²) < 4.78 is 0. The fourth-order valence-corrected chi connectivity index (χ4v) is 2.95. The van der Waals surface area contributed by atoms with Gasteiger partial charge < -0.3 is 4.90 Å². The summed E-state index contributed by atoms with van der Waals surface area (Å²) in [6.45, 7) is 6.11. The van der Waals surface area contributed by atoms with Crippen molar-refractivity contribution in [2.75, 3.05) is 25.0 Å². The van der Waals surface area contributed by atoms with Crippen molar-refractivity contribution in [1.29, 1.82) is 10.5 Å². The van der Waals surface area contributed by atoms with Crippen molar-refractivity contribution >= 4 is 5.69 Å². The smallest absolute Gasteiger partial charge is 0.0992 e. The summed E-state index contributed by atoms with van der Waals surface area (Å²) in [4.78, 5) is 4.57. The molecular weight excluding hydrogens is 248 g/mol. The van der Waals surface area contributed by atoms with E-state index in [1.54, 1.807) is 0 Å². The van der Waals surface area contributed by atoms with E-state index in [1.807, 2.05) is 24.3 Å². The van der Waals surface area contributed by atoms with E-state index in [0.29, 0.717) is 12.0 Å². The molecule has 0 bridgehead atoms. The van der Waals surface area contributed by atoms with Gasteiger partial charge in [0.05, 0.1) is 24.1 Å². The monoisotopic (exact) mass is 268 g/mol. The van der Waals surface area contributed by atoms with Gasteiger partial charge in [-0.15, -0.1) is 0 Å². The van der Waals surface area contributed by atoms with Crippen molar-refractivity contribution in [1.82, 2.24) is 4.90 Å². The van der Waals surface area contributed by atoms with Gasteiger partial charge in [-0.05, 0) is 39.1 Å². The number of nitrogens with zero attached hydrogens (tertiary/aromatic N) is 4. The molecule has 2 rings (SSSR count). The maximum atomic E-state index is 9.05. The van der Waals surface area contributed by atoms with E-state index < -0.39 is 0 Å². The van der Waals surface area contributed by atoms with Crippen molar-refractivity contribution < 1.29 is 0 Å². The molecule has 0 aliphatic carbocycles. The highest BCUT2D eigenvalue weighted by atomic mass is 15.3. The van der Waals surface area contributed by atoms with Crippen LogP contribution in [-0.4, -0.2) is 36.6 Å². The second-order valence-electron chi connectivity index (χ2n) is 6.02. The number of anilines is 1. The lowest BCUT2D eigenvalue weighted by molar-refractivity contribution is 0.153. The zero-order valence-electron chi connectivity index (χ0n) is 12.3. The molecule has 1 saturated heterocycles. The Bertz CT molecular complexity index is 565. The summed E-state index contributed by atoms with van der Waals surface area (Å²) in [6, 6.07) is 12.4. The first-order valence-corrected chi connectivity index (χ1v) is 6.83. The van der Waals surface area contributed by atoms with Gasteiger partial charge in [0.2, 0.25) is 0 Å². The molecule has 0 N–H and O–H groups in total. The lowest BCUT2D eigenvalue weighted by Crippen LogP contribution is -2.62. The summed E-state index contributed by atoms with van der Waals surface area (Å²) >= 11 is 0. The predicted octanol–water partition coefficient (Wildman–Crippen LogP) is 2.37. The van der Waals surface area contributed by atoms with Crippen LogP contribution in [0.4, 0.5) is 5.69 Å². The van der Waals surface area contributed by atoms with Gasteiger partial charge in [0, 0.05) is 30.4 Å². The minimum atomic E-state index is -0.0191. The molecular formula is C16H20N4. The molecule has 0 aromatic heterocycles. The predicted molar refractivity (Wildman–Crippen MR) is 79.2 cm³/mol. The third-order valence-electron chi connectivity index (χ3n) is 4.00. The molecule has 1 aliphatic heterocycles. The second kappa shape index (κ2) is 5.53. The fourth-order valence-electron chi connectivity index (χ4n) is 2.95. The molecule has 4 nitrogen and oxygen atoms in total. The lowest BCUT2D eigenvalue weighted by atomic mass is 9.93. The molecule has 0 spiro atoms. The zero-order chi connectivity index (χ0) is 14.8. The van der Waals surface area contributed by atoms with Gasteiger partial charge in [0.25, 0.3) is 0 Å². The van der Waals surface area contributed by atoms with Gasteiger partial charge in [0.15, 0.2) is 0 Å². The van der Waals surface area contributed by atoms with E-state index in [0.717, 1.165) is 18.8 Å². The molecule has 1 fully saturated rings. The Morgan fingerprint density at radius 2 is 2.10 bits per heavy atom. The number of hydrogen-bond acceptors (Lipinski definition) is 4. The topological polar surface area (TPSA) is 54.1 Å². The quantitative estimate of drug-likeness (QED) is 0.826. The van der Waals surface area contributed by atoms with E-state index in [1.165, 1.54) is 0 Å². The average molecular weight is 268 g/mol. The molecule has 104 valence electrons. The number of benzene rings is 1. The average Bonchev–Trinajstić information content (AvgIpc) is 2.41. The van der Waals surface area contributed by atoms with Gasteiger partial charge >= 0.3 is 0 Å². The fraction of sp³-hybridized carbons (Fsp3) is 0.500. The van der Waals surface area contributed by atoms with Crippen LogP contribution >= 0.6 is 0 Å². The molecule has 1 atom stereocenters. The Balaban J connectivity index is 2.32. The third-order valence-corrected chi connectivity index (χ3v) is 4.00. The Kier molecular flexibility index (Phi) is 3.97. The molecule has 0 saturated carbocycles. The molecule has 20 heavy (non-hydrogen) atoms. The van der Waals surface area contributed by atoms with Crippen LogP contribution in [0.25, 0.3) is 0 Å². The summed E-state index contributed by atoms with van der Waals surface area (Å²) in [6.07, 6.45) is 0.529. The van der Waals surface area contributed by atoms with Crippen molar-refractivity contribution in [2.45, 2.75) is 31.8 Å². The second-order valence-corrected chi connectivity index (χ2v) is 6.02. The van der Waals surface area contributed by atoms with Crippen LogP contribution < -0.4 is 4.90 Å². The molecule has 1 aromatic carbocycles. The van der Waals surface area contributed by atoms with Crippen LogP contribution in [-0.2, 0) is 0 Å². The largest absolute Gasteiger partial charge is 0.363 e. The first-order chi connectivity index (χ1) is 9.47. The van der Waals surface area contributed by atoms with Crippen LogP contribution in [0, 0.1) is 22.7 Å². The molecule has 1 aliphatic rings. The van der Waals surface area contributed by atoms with Crippen LogP contribution in [0.2, 0.25) is 0 Å². The normalized spacial score (nSPS) is 22.1. The maximum Gasteiger partial charge on any atom is 0.0992 e. The first kappa shape index (κ1) is 14.4. The minimum absolute atomic E-state index is 0.0191. The van der Waals surface area contributed by atoms with Crippen molar-refractivity contribution in [3.63, 3.8) is 0 Å². The Labute approximate surface area is 120 Å². The molecule has 1 heterocycles. The summed E-state index contributed by atoms with van der Waals surface area (Å²) in [5.74, 6) is 0. The van der Waals surface area contributed by atoms with Gasteiger partial charge in [0.1, 0.15) is 0 Å². The molecule has 1 unspecified atom stereocenters. The number of nitriles is 2. The van der Waals surface area contributed by atoms with E-state index in [-0.39, 0.29) is 11.6 Å². The van der Waals surface area contributed by atoms with Gasteiger partial charge in [-0.2, -0.15) is 10.5 Å². The maximum absolute atomic E-state index is 9.05. The molecule has 4 heteroatoms. The van der Waals surface area contributed by atoms with Crippen LogP contribution in [0.5, 0.6) is 0 Å². The van der Waals surface area contributed by atoms with Gasteiger partial charge in [-0.25, -0.2) is 0 Å². The van der Waals surface area contributed by atoms with Crippen LogP contribution in [0.3, 0.4) is 0 Å². The summed E-state index contributed by atoms with van der Waals surface area (Å²) in [7, 11) is 2.08. The van der Waals surface area contributed by atoms with E-state index >= 15 is 0 Å². The standard InChI is InChI=1S/C16H20N4/c1-16(2)12-19(3)15(7-8-17)11-20(16)14-6-4-5-13(9-14)10-18/h4-6,9,15H,7,11-12H2,1-3H3. The zero-order valence-corrected chi connectivity index (χ0v) is 12.3. The number of hydrogen-bond donors (Lipinski definition) is 0.